The van der Waals surface area contributed by atoms with Gasteiger partial charge in [-0.2, -0.15) is 0 Å². The van der Waals surface area contributed by atoms with Gasteiger partial charge in [-0.05, 0) is 46.1 Å². The summed E-state index contributed by atoms with van der Waals surface area (Å²) >= 11 is 0. The van der Waals surface area contributed by atoms with Crippen LogP contribution in [-0.4, -0.2) is 40.3 Å². The highest BCUT2D eigenvalue weighted by atomic mass is 16.4. The first kappa shape index (κ1) is 25.3. The van der Waals surface area contributed by atoms with E-state index in [1.54, 1.807) is 0 Å². The quantitative estimate of drug-likeness (QED) is 0.494. The second-order valence-electron chi connectivity index (χ2n) is 9.48. The largest absolute Gasteiger partial charge is 0.480 e. The summed E-state index contributed by atoms with van der Waals surface area (Å²) in [6, 6.07) is 15.6. The van der Waals surface area contributed by atoms with Crippen molar-refractivity contribution in [2.75, 3.05) is 5.32 Å². The molecule has 0 radical (unpaired) electrons. The predicted molar refractivity (Wildman–Crippen MR) is 130 cm³/mol. The average molecular weight is 438 g/mol. The lowest BCUT2D eigenvalue weighted by Gasteiger charge is -2.26. The summed E-state index contributed by atoms with van der Waals surface area (Å²) in [5.74, 6) is -0.954. The molecule has 1 amide bonds. The summed E-state index contributed by atoms with van der Waals surface area (Å²) in [4.78, 5) is 29.5. The molecule has 172 valence electrons. The molecule has 0 unspecified atom stereocenters. The van der Waals surface area contributed by atoms with Gasteiger partial charge < -0.3 is 15.7 Å². The number of rotatable bonds is 9. The third kappa shape index (κ3) is 7.61. The smallest absolute Gasteiger partial charge is 0.328 e. The zero-order valence-corrected chi connectivity index (χ0v) is 19.8. The van der Waals surface area contributed by atoms with Crippen molar-refractivity contribution in [2.24, 2.45) is 10.9 Å². The van der Waals surface area contributed by atoms with Crippen molar-refractivity contribution in [1.82, 2.24) is 5.32 Å². The van der Waals surface area contributed by atoms with Crippen LogP contribution in [-0.2, 0) is 9.59 Å². The standard InChI is InChI=1S/C26H35N3O3/c1-17(2)16-22(25(31)32)27-23(19-12-8-7-9-13-19)20-14-10-11-15-21(20)28-24(30)18(3)29-26(4,5)6/h7-15,17-18,22,29H,16H2,1-6H3,(H,28,30)(H,31,32)/t18-,22-/m0/s1. The molecule has 6 heteroatoms. The summed E-state index contributed by atoms with van der Waals surface area (Å²) in [5, 5.41) is 16.0. The SMILES string of the molecule is CC(C)C[C@H](N=C(c1ccccc1)c1ccccc1NC(=O)[C@H](C)NC(C)(C)C)C(=O)O. The first-order valence-electron chi connectivity index (χ1n) is 11.0. The van der Waals surface area contributed by atoms with Crippen molar-refractivity contribution in [3.63, 3.8) is 0 Å². The van der Waals surface area contributed by atoms with Crippen molar-refractivity contribution in [3.05, 3.63) is 65.7 Å². The van der Waals surface area contributed by atoms with Gasteiger partial charge >= 0.3 is 5.97 Å². The molecule has 0 bridgehead atoms. The first-order chi connectivity index (χ1) is 15.0. The highest BCUT2D eigenvalue weighted by molar-refractivity contribution is 6.17. The number of carbonyl (C=O) groups is 2. The number of anilines is 1. The number of carboxylic acids is 1. The van der Waals surface area contributed by atoms with Crippen LogP contribution in [0.1, 0.15) is 59.1 Å². The fraction of sp³-hybridized carbons (Fsp3) is 0.423. The number of aliphatic carboxylic acids is 1. The maximum atomic E-state index is 12.9. The number of carbonyl (C=O) groups excluding carboxylic acids is 1. The minimum atomic E-state index is -0.961. The summed E-state index contributed by atoms with van der Waals surface area (Å²) < 4.78 is 0. The Labute approximate surface area is 191 Å². The van der Waals surface area contributed by atoms with Crippen molar-refractivity contribution >= 4 is 23.3 Å². The number of hydrogen-bond donors (Lipinski definition) is 3. The zero-order chi connectivity index (χ0) is 23.9. The number of para-hydroxylation sites is 1. The van der Waals surface area contributed by atoms with Crippen LogP contribution < -0.4 is 10.6 Å². The van der Waals surface area contributed by atoms with E-state index in [9.17, 15) is 14.7 Å². The second-order valence-corrected chi connectivity index (χ2v) is 9.48. The van der Waals surface area contributed by atoms with Crippen LogP contribution in [0.2, 0.25) is 0 Å². The highest BCUT2D eigenvalue weighted by Crippen LogP contribution is 2.23. The minimum absolute atomic E-state index is 0.170. The molecule has 32 heavy (non-hydrogen) atoms. The third-order valence-electron chi connectivity index (χ3n) is 4.79. The first-order valence-corrected chi connectivity index (χ1v) is 11.0. The van der Waals surface area contributed by atoms with E-state index in [4.69, 9.17) is 0 Å². The van der Waals surface area contributed by atoms with Gasteiger partial charge in [-0.15, -0.1) is 0 Å². The normalized spacial score (nSPS) is 14.2. The van der Waals surface area contributed by atoms with Gasteiger partial charge in [0.25, 0.3) is 0 Å². The molecule has 6 nitrogen and oxygen atoms in total. The molecule has 0 heterocycles. The van der Waals surface area contributed by atoms with Crippen molar-refractivity contribution < 1.29 is 14.7 Å². The van der Waals surface area contributed by atoms with Crippen LogP contribution in [0.4, 0.5) is 5.69 Å². The molecule has 0 spiro atoms. The fourth-order valence-corrected chi connectivity index (χ4v) is 3.46. The fourth-order valence-electron chi connectivity index (χ4n) is 3.46. The Hall–Kier alpha value is -2.99. The monoisotopic (exact) mass is 437 g/mol. The molecule has 0 fully saturated rings. The van der Waals surface area contributed by atoms with Crippen LogP contribution in [0.3, 0.4) is 0 Å². The Morgan fingerprint density at radius 1 is 0.969 bits per heavy atom. The van der Waals surface area contributed by atoms with Crippen LogP contribution >= 0.6 is 0 Å². The Balaban J connectivity index is 2.51. The number of amides is 1. The van der Waals surface area contributed by atoms with Gasteiger partial charge in [0.15, 0.2) is 0 Å². The summed E-state index contributed by atoms with van der Waals surface area (Å²) in [7, 11) is 0. The van der Waals surface area contributed by atoms with E-state index in [0.717, 1.165) is 5.56 Å². The zero-order valence-electron chi connectivity index (χ0n) is 19.8. The predicted octanol–water partition coefficient (Wildman–Crippen LogP) is 4.74. The van der Waals surface area contributed by atoms with E-state index in [1.807, 2.05) is 96.1 Å². The Bertz CT molecular complexity index is 946. The molecule has 0 aliphatic heterocycles. The number of aliphatic imine (C=N–C) groups is 1. The van der Waals surface area contributed by atoms with Gasteiger partial charge in [-0.25, -0.2) is 4.79 Å². The highest BCUT2D eigenvalue weighted by Gasteiger charge is 2.23. The lowest BCUT2D eigenvalue weighted by Crippen LogP contribution is -2.48. The molecular formula is C26H35N3O3. The van der Waals surface area contributed by atoms with Gasteiger partial charge in [0, 0.05) is 16.7 Å². The molecule has 0 saturated carbocycles. The molecule has 0 aliphatic carbocycles. The molecule has 3 N–H and O–H groups in total. The number of benzene rings is 2. The molecule has 0 aliphatic rings. The van der Waals surface area contributed by atoms with Crippen molar-refractivity contribution in [2.45, 2.75) is 65.6 Å². The molecule has 0 aromatic heterocycles. The Morgan fingerprint density at radius 2 is 1.56 bits per heavy atom. The second kappa shape index (κ2) is 11.0. The lowest BCUT2D eigenvalue weighted by atomic mass is 9.98. The number of nitrogens with zero attached hydrogens (tertiary/aromatic N) is 1. The molecular weight excluding hydrogens is 402 g/mol. The number of carboxylic acid groups (broad SMARTS) is 1. The van der Waals surface area contributed by atoms with Gasteiger partial charge in [-0.3, -0.25) is 9.79 Å². The molecule has 2 rings (SSSR count). The summed E-state index contributed by atoms with van der Waals surface area (Å²) in [5.41, 5.74) is 2.41. The topological polar surface area (TPSA) is 90.8 Å². The summed E-state index contributed by atoms with van der Waals surface area (Å²) in [6.07, 6.45) is 0.423. The van der Waals surface area contributed by atoms with E-state index < -0.39 is 18.1 Å². The maximum Gasteiger partial charge on any atom is 0.328 e. The van der Waals surface area contributed by atoms with Crippen LogP contribution in [0.15, 0.2) is 59.6 Å². The van der Waals surface area contributed by atoms with E-state index in [2.05, 4.69) is 15.6 Å². The number of nitrogens with one attached hydrogen (secondary N) is 2. The Morgan fingerprint density at radius 3 is 2.12 bits per heavy atom. The number of hydrogen-bond acceptors (Lipinski definition) is 4. The Kier molecular flexibility index (Phi) is 8.72. The van der Waals surface area contributed by atoms with E-state index in [-0.39, 0.29) is 17.4 Å². The van der Waals surface area contributed by atoms with E-state index in [0.29, 0.717) is 23.4 Å². The van der Waals surface area contributed by atoms with Gasteiger partial charge in [-0.1, -0.05) is 62.4 Å². The lowest BCUT2D eigenvalue weighted by molar-refractivity contribution is -0.138. The maximum absolute atomic E-state index is 12.9. The molecule has 0 saturated heterocycles. The molecule has 2 aromatic rings. The van der Waals surface area contributed by atoms with Gasteiger partial charge in [0.2, 0.25) is 5.91 Å². The van der Waals surface area contributed by atoms with Crippen LogP contribution in [0.25, 0.3) is 0 Å². The van der Waals surface area contributed by atoms with E-state index in [1.165, 1.54) is 0 Å². The average Bonchev–Trinajstić information content (AvgIpc) is 2.70. The minimum Gasteiger partial charge on any atom is -0.480 e. The van der Waals surface area contributed by atoms with Gasteiger partial charge in [0.1, 0.15) is 6.04 Å². The van der Waals surface area contributed by atoms with E-state index >= 15 is 0 Å². The summed E-state index contributed by atoms with van der Waals surface area (Å²) in [6.45, 7) is 11.8. The molecule has 2 atom stereocenters. The van der Waals surface area contributed by atoms with Gasteiger partial charge in [0.05, 0.1) is 17.4 Å². The van der Waals surface area contributed by atoms with Crippen molar-refractivity contribution in [3.8, 4) is 0 Å². The molecule has 2 aromatic carbocycles. The van der Waals surface area contributed by atoms with Crippen LogP contribution in [0.5, 0.6) is 0 Å². The third-order valence-corrected chi connectivity index (χ3v) is 4.79. The van der Waals surface area contributed by atoms with Crippen LogP contribution in [0, 0.1) is 5.92 Å². The van der Waals surface area contributed by atoms with Crippen molar-refractivity contribution in [1.29, 1.82) is 0 Å².